The molecule has 0 saturated heterocycles. The minimum Gasteiger partial charge on any atom is -0.383 e. The van der Waals surface area contributed by atoms with Crippen LogP contribution in [0.25, 0.3) is 0 Å². The first kappa shape index (κ1) is 17.4. The van der Waals surface area contributed by atoms with E-state index in [1.54, 1.807) is 18.1 Å². The van der Waals surface area contributed by atoms with Crippen LogP contribution in [0.3, 0.4) is 0 Å². The second-order valence-corrected chi connectivity index (χ2v) is 4.54. The molecule has 1 aromatic rings. The molecule has 7 nitrogen and oxygen atoms in total. The number of hydrogen-bond donors (Lipinski definition) is 1. The van der Waals surface area contributed by atoms with Crippen LogP contribution in [0.1, 0.15) is 5.56 Å². The Labute approximate surface area is 128 Å². The summed E-state index contributed by atoms with van der Waals surface area (Å²) in [6, 6.07) is 4.66. The number of carbonyl (C=O) groups is 1. The van der Waals surface area contributed by atoms with Crippen molar-refractivity contribution in [1.82, 2.24) is 5.32 Å². The third kappa shape index (κ3) is 4.13. The number of benzene rings is 1. The van der Waals surface area contributed by atoms with Crippen LogP contribution in [-0.2, 0) is 16.0 Å². The molecule has 0 unspecified atom stereocenters. The van der Waals surface area contributed by atoms with Gasteiger partial charge in [0.25, 0.3) is 5.69 Å². The van der Waals surface area contributed by atoms with Crippen molar-refractivity contribution in [3.05, 3.63) is 33.9 Å². The molecule has 0 radical (unpaired) electrons. The summed E-state index contributed by atoms with van der Waals surface area (Å²) in [6.07, 6.45) is 0.733. The van der Waals surface area contributed by atoms with Crippen LogP contribution in [0.5, 0.6) is 0 Å². The zero-order valence-corrected chi connectivity index (χ0v) is 12.5. The monoisotopic (exact) mass is 315 g/mol. The van der Waals surface area contributed by atoms with Crippen molar-refractivity contribution in [3.63, 3.8) is 0 Å². The van der Waals surface area contributed by atoms with E-state index >= 15 is 0 Å². The van der Waals surface area contributed by atoms with Gasteiger partial charge in [0.1, 0.15) is 0 Å². The van der Waals surface area contributed by atoms with Gasteiger partial charge in [0, 0.05) is 32.3 Å². The number of nitrogens with zero attached hydrogens (tertiary/aromatic N) is 2. The Bertz CT molecular complexity index is 524. The largest absolute Gasteiger partial charge is 0.383 e. The summed E-state index contributed by atoms with van der Waals surface area (Å²) in [5.74, 6) is -0.0830. The number of amides is 1. The summed E-state index contributed by atoms with van der Waals surface area (Å²) in [5, 5.41) is 13.8. The van der Waals surface area contributed by atoms with E-state index in [0.29, 0.717) is 25.4 Å². The van der Waals surface area contributed by atoms with E-state index in [1.165, 1.54) is 12.1 Å². The fourth-order valence-electron chi connectivity index (χ4n) is 2.21. The Morgan fingerprint density at radius 3 is 2.95 bits per heavy atom. The number of fused-ring (bicyclic) bond motifs is 1. The molecule has 0 aromatic heterocycles. The zero-order chi connectivity index (χ0) is 14.5. The Morgan fingerprint density at radius 2 is 2.29 bits per heavy atom. The average Bonchev–Trinajstić information content (AvgIpc) is 2.86. The van der Waals surface area contributed by atoms with Gasteiger partial charge < -0.3 is 15.0 Å². The molecule has 1 amide bonds. The molecule has 8 heteroatoms. The van der Waals surface area contributed by atoms with Gasteiger partial charge in [-0.25, -0.2) is 0 Å². The SMILES string of the molecule is COCCNCC(=O)N1CCc2ccc([N+](=O)[O-])cc21.Cl. The third-order valence-electron chi connectivity index (χ3n) is 3.24. The molecule has 2 rings (SSSR count). The zero-order valence-electron chi connectivity index (χ0n) is 11.7. The first-order valence-electron chi connectivity index (χ1n) is 6.41. The summed E-state index contributed by atoms with van der Waals surface area (Å²) >= 11 is 0. The van der Waals surface area contributed by atoms with Crippen molar-refractivity contribution < 1.29 is 14.5 Å². The van der Waals surface area contributed by atoms with Crippen molar-refractivity contribution in [2.45, 2.75) is 6.42 Å². The lowest BCUT2D eigenvalue weighted by Gasteiger charge is -2.17. The van der Waals surface area contributed by atoms with E-state index in [4.69, 9.17) is 4.74 Å². The van der Waals surface area contributed by atoms with E-state index < -0.39 is 4.92 Å². The lowest BCUT2D eigenvalue weighted by molar-refractivity contribution is -0.384. The maximum Gasteiger partial charge on any atom is 0.271 e. The van der Waals surface area contributed by atoms with Crippen molar-refractivity contribution in [1.29, 1.82) is 0 Å². The quantitative estimate of drug-likeness (QED) is 0.483. The number of ether oxygens (including phenoxy) is 1. The van der Waals surface area contributed by atoms with Crippen molar-refractivity contribution in [3.8, 4) is 0 Å². The highest BCUT2D eigenvalue weighted by Gasteiger charge is 2.26. The van der Waals surface area contributed by atoms with Gasteiger partial charge in [-0.3, -0.25) is 14.9 Å². The first-order valence-corrected chi connectivity index (χ1v) is 6.41. The van der Waals surface area contributed by atoms with Crippen molar-refractivity contribution >= 4 is 29.7 Å². The lowest BCUT2D eigenvalue weighted by atomic mass is 10.1. The lowest BCUT2D eigenvalue weighted by Crippen LogP contribution is -2.38. The van der Waals surface area contributed by atoms with Gasteiger partial charge in [0.15, 0.2) is 0 Å². The van der Waals surface area contributed by atoms with Crippen LogP contribution < -0.4 is 10.2 Å². The highest BCUT2D eigenvalue weighted by Crippen LogP contribution is 2.31. The molecule has 21 heavy (non-hydrogen) atoms. The molecule has 0 spiro atoms. The summed E-state index contributed by atoms with van der Waals surface area (Å²) in [6.45, 7) is 1.90. The fourth-order valence-corrected chi connectivity index (χ4v) is 2.21. The van der Waals surface area contributed by atoms with E-state index in [0.717, 1.165) is 12.0 Å². The van der Waals surface area contributed by atoms with Gasteiger partial charge in [-0.15, -0.1) is 12.4 Å². The van der Waals surface area contributed by atoms with Crippen LogP contribution in [0.15, 0.2) is 18.2 Å². The molecule has 1 heterocycles. The Morgan fingerprint density at radius 1 is 1.52 bits per heavy atom. The van der Waals surface area contributed by atoms with Crippen LogP contribution in [-0.4, -0.2) is 44.2 Å². The number of anilines is 1. The molecule has 0 atom stereocenters. The summed E-state index contributed by atoms with van der Waals surface area (Å²) in [5.41, 5.74) is 1.63. The van der Waals surface area contributed by atoms with E-state index in [1.807, 2.05) is 0 Å². The normalized spacial score (nSPS) is 12.7. The fraction of sp³-hybridized carbons (Fsp3) is 0.462. The minimum absolute atomic E-state index is 0. The highest BCUT2D eigenvalue weighted by molar-refractivity contribution is 5.97. The average molecular weight is 316 g/mol. The second kappa shape index (κ2) is 7.92. The number of halogens is 1. The maximum absolute atomic E-state index is 12.1. The van der Waals surface area contributed by atoms with Crippen LogP contribution in [0.4, 0.5) is 11.4 Å². The maximum atomic E-state index is 12.1. The number of carbonyl (C=O) groups excluding carboxylic acids is 1. The van der Waals surface area contributed by atoms with Gasteiger partial charge in [0.2, 0.25) is 5.91 Å². The number of nitro groups is 1. The molecule has 1 aliphatic rings. The molecular formula is C13H18ClN3O4. The molecule has 1 aromatic carbocycles. The summed E-state index contributed by atoms with van der Waals surface area (Å²) in [4.78, 5) is 24.1. The number of rotatable bonds is 6. The van der Waals surface area contributed by atoms with Crippen molar-refractivity contribution in [2.24, 2.45) is 0 Å². The number of hydrogen-bond acceptors (Lipinski definition) is 5. The topological polar surface area (TPSA) is 84.7 Å². The smallest absolute Gasteiger partial charge is 0.271 e. The van der Waals surface area contributed by atoms with Gasteiger partial charge in [-0.1, -0.05) is 6.07 Å². The Balaban J connectivity index is 0.00000220. The molecule has 0 aliphatic carbocycles. The standard InChI is InChI=1S/C13H17N3O4.ClH/c1-20-7-5-14-9-13(17)15-6-4-10-2-3-11(16(18)19)8-12(10)15;/h2-3,8,14H,4-7,9H2,1H3;1H. The van der Waals surface area contributed by atoms with Gasteiger partial charge in [-0.2, -0.15) is 0 Å². The summed E-state index contributed by atoms with van der Waals surface area (Å²) in [7, 11) is 1.60. The predicted molar refractivity (Wildman–Crippen MR) is 81.1 cm³/mol. The number of methoxy groups -OCH3 is 1. The van der Waals surface area contributed by atoms with Crippen molar-refractivity contribution in [2.75, 3.05) is 38.3 Å². The number of nitro benzene ring substituents is 1. The first-order chi connectivity index (χ1) is 9.63. The second-order valence-electron chi connectivity index (χ2n) is 4.54. The number of non-ortho nitro benzene ring substituents is 1. The van der Waals surface area contributed by atoms with E-state index in [-0.39, 0.29) is 30.5 Å². The molecule has 1 aliphatic heterocycles. The molecule has 0 bridgehead atoms. The molecule has 0 fully saturated rings. The van der Waals surface area contributed by atoms with Crippen LogP contribution >= 0.6 is 12.4 Å². The van der Waals surface area contributed by atoms with Gasteiger partial charge >= 0.3 is 0 Å². The van der Waals surface area contributed by atoms with Crippen LogP contribution in [0, 0.1) is 10.1 Å². The van der Waals surface area contributed by atoms with Gasteiger partial charge in [-0.05, 0) is 12.0 Å². The molecule has 0 saturated carbocycles. The minimum atomic E-state index is -0.446. The number of nitrogens with one attached hydrogen (secondary N) is 1. The third-order valence-corrected chi connectivity index (χ3v) is 3.24. The Kier molecular flexibility index (Phi) is 6.54. The van der Waals surface area contributed by atoms with E-state index in [2.05, 4.69) is 5.32 Å². The molecule has 1 N–H and O–H groups in total. The Hall–Kier alpha value is -1.70. The predicted octanol–water partition coefficient (Wildman–Crippen LogP) is 1.14. The highest BCUT2D eigenvalue weighted by atomic mass is 35.5. The van der Waals surface area contributed by atoms with E-state index in [9.17, 15) is 14.9 Å². The molecule has 116 valence electrons. The summed E-state index contributed by atoms with van der Waals surface area (Å²) < 4.78 is 4.89. The van der Waals surface area contributed by atoms with Crippen LogP contribution in [0.2, 0.25) is 0 Å². The van der Waals surface area contributed by atoms with Gasteiger partial charge in [0.05, 0.1) is 23.8 Å². The molecular weight excluding hydrogens is 298 g/mol.